The molecule has 1 aromatic rings. The molecule has 1 nitrogen and oxygen atoms in total. The number of hydrogen-bond acceptors (Lipinski definition) is 1. The maximum Gasteiger partial charge on any atom is 0.194 e. The molecule has 1 saturated carbocycles. The van der Waals surface area contributed by atoms with Gasteiger partial charge in [0, 0.05) is 23.9 Å². The summed E-state index contributed by atoms with van der Waals surface area (Å²) >= 11 is 0. The normalized spacial score (nSPS) is 18.7. The molecule has 1 atom stereocenters. The van der Waals surface area contributed by atoms with Crippen LogP contribution in [0.4, 0.5) is 18.9 Å². The highest BCUT2D eigenvalue weighted by atomic mass is 19.2. The van der Waals surface area contributed by atoms with Crippen LogP contribution in [0.15, 0.2) is 12.1 Å². The zero-order valence-electron chi connectivity index (χ0n) is 10.5. The van der Waals surface area contributed by atoms with Gasteiger partial charge in [-0.25, -0.2) is 13.2 Å². The monoisotopic (exact) mass is 257 g/mol. The van der Waals surface area contributed by atoms with E-state index in [1.165, 1.54) is 19.3 Å². The number of nitrogens with one attached hydrogen (secondary N) is 1. The Labute approximate surface area is 105 Å². The Kier molecular flexibility index (Phi) is 4.15. The number of hydrogen-bond donors (Lipinski definition) is 1. The summed E-state index contributed by atoms with van der Waals surface area (Å²) in [5.74, 6) is -3.18. The van der Waals surface area contributed by atoms with Crippen LogP contribution in [0, 0.1) is 23.4 Å². The molecule has 1 aliphatic rings. The smallest absolute Gasteiger partial charge is 0.194 e. The summed E-state index contributed by atoms with van der Waals surface area (Å²) in [6.45, 7) is 2.01. The number of benzene rings is 1. The quantitative estimate of drug-likeness (QED) is 0.787. The lowest BCUT2D eigenvalue weighted by Gasteiger charge is -2.29. The second kappa shape index (κ2) is 5.63. The average molecular weight is 257 g/mol. The Morgan fingerprint density at radius 2 is 1.61 bits per heavy atom. The van der Waals surface area contributed by atoms with Crippen LogP contribution >= 0.6 is 0 Å². The average Bonchev–Trinajstić information content (AvgIpc) is 2.37. The van der Waals surface area contributed by atoms with Crippen molar-refractivity contribution >= 4 is 5.69 Å². The van der Waals surface area contributed by atoms with Gasteiger partial charge >= 0.3 is 0 Å². The fourth-order valence-electron chi connectivity index (χ4n) is 2.65. The first-order chi connectivity index (χ1) is 8.58. The summed E-state index contributed by atoms with van der Waals surface area (Å²) in [7, 11) is 0. The van der Waals surface area contributed by atoms with Gasteiger partial charge in [0.25, 0.3) is 0 Å². The fraction of sp³-hybridized carbons (Fsp3) is 0.571. The Hall–Kier alpha value is -1.19. The molecule has 1 aromatic carbocycles. The third kappa shape index (κ3) is 2.98. The number of halogens is 3. The highest BCUT2D eigenvalue weighted by Crippen LogP contribution is 2.28. The van der Waals surface area contributed by atoms with Gasteiger partial charge in [-0.3, -0.25) is 0 Å². The summed E-state index contributed by atoms with van der Waals surface area (Å²) in [4.78, 5) is 0. The van der Waals surface area contributed by atoms with Gasteiger partial charge in [0.1, 0.15) is 0 Å². The summed E-state index contributed by atoms with van der Waals surface area (Å²) in [6.07, 6.45) is 5.97. The molecule has 1 fully saturated rings. The maximum atomic E-state index is 13.1. The third-order valence-corrected chi connectivity index (χ3v) is 3.74. The van der Waals surface area contributed by atoms with Crippen molar-refractivity contribution in [1.29, 1.82) is 0 Å². The molecule has 0 aliphatic heterocycles. The van der Waals surface area contributed by atoms with Gasteiger partial charge in [-0.2, -0.15) is 0 Å². The lowest BCUT2D eigenvalue weighted by atomic mass is 9.84. The second-order valence-corrected chi connectivity index (χ2v) is 5.08. The molecular formula is C14H18F3N. The molecule has 0 radical (unpaired) electrons. The molecule has 0 saturated heterocycles. The van der Waals surface area contributed by atoms with Crippen molar-refractivity contribution in [2.45, 2.75) is 45.1 Å². The van der Waals surface area contributed by atoms with Crippen LogP contribution in [0.25, 0.3) is 0 Å². The van der Waals surface area contributed by atoms with Crippen molar-refractivity contribution in [3.05, 3.63) is 29.6 Å². The van der Waals surface area contributed by atoms with E-state index < -0.39 is 17.5 Å². The Bertz CT molecular complexity index is 390. The maximum absolute atomic E-state index is 13.1. The van der Waals surface area contributed by atoms with E-state index >= 15 is 0 Å². The van der Waals surface area contributed by atoms with E-state index in [0.29, 0.717) is 11.6 Å². The first-order valence-electron chi connectivity index (χ1n) is 6.49. The summed E-state index contributed by atoms with van der Waals surface area (Å²) < 4.78 is 39.0. The lowest BCUT2D eigenvalue weighted by Crippen LogP contribution is -2.27. The van der Waals surface area contributed by atoms with E-state index in [4.69, 9.17) is 0 Å². The topological polar surface area (TPSA) is 12.0 Å². The molecule has 100 valence electrons. The van der Waals surface area contributed by atoms with Crippen LogP contribution < -0.4 is 5.32 Å². The Morgan fingerprint density at radius 1 is 1.06 bits per heavy atom. The first kappa shape index (κ1) is 13.2. The van der Waals surface area contributed by atoms with Crippen molar-refractivity contribution in [3.63, 3.8) is 0 Å². The zero-order chi connectivity index (χ0) is 13.1. The molecule has 1 unspecified atom stereocenters. The van der Waals surface area contributed by atoms with E-state index in [9.17, 15) is 13.2 Å². The summed E-state index contributed by atoms with van der Waals surface area (Å²) in [5.41, 5.74) is 0.310. The van der Waals surface area contributed by atoms with Crippen LogP contribution in [-0.4, -0.2) is 6.04 Å². The number of rotatable bonds is 3. The van der Waals surface area contributed by atoms with Crippen LogP contribution in [0.2, 0.25) is 0 Å². The second-order valence-electron chi connectivity index (χ2n) is 5.08. The van der Waals surface area contributed by atoms with Gasteiger partial charge in [0.15, 0.2) is 17.5 Å². The van der Waals surface area contributed by atoms with E-state index in [1.54, 1.807) is 0 Å². The van der Waals surface area contributed by atoms with Crippen LogP contribution in [0.1, 0.15) is 39.0 Å². The Morgan fingerprint density at radius 3 is 2.17 bits per heavy atom. The molecule has 18 heavy (non-hydrogen) atoms. The minimum atomic E-state index is -1.41. The molecule has 0 aromatic heterocycles. The molecular weight excluding hydrogens is 239 g/mol. The SMILES string of the molecule is CC(Nc1cc(F)c(F)c(F)c1)C1CCCCC1. The first-order valence-corrected chi connectivity index (χ1v) is 6.49. The minimum Gasteiger partial charge on any atom is -0.382 e. The molecule has 2 rings (SSSR count). The van der Waals surface area contributed by atoms with E-state index in [-0.39, 0.29) is 6.04 Å². The number of anilines is 1. The van der Waals surface area contributed by atoms with Crippen molar-refractivity contribution < 1.29 is 13.2 Å². The van der Waals surface area contributed by atoms with Crippen LogP contribution in [-0.2, 0) is 0 Å². The third-order valence-electron chi connectivity index (χ3n) is 3.74. The molecule has 1 N–H and O–H groups in total. The van der Waals surface area contributed by atoms with Crippen molar-refractivity contribution in [3.8, 4) is 0 Å². The van der Waals surface area contributed by atoms with Crippen LogP contribution in [0.5, 0.6) is 0 Å². The zero-order valence-corrected chi connectivity index (χ0v) is 10.5. The van der Waals surface area contributed by atoms with Gasteiger partial charge in [0.05, 0.1) is 0 Å². The molecule has 0 heterocycles. The van der Waals surface area contributed by atoms with E-state index in [0.717, 1.165) is 25.0 Å². The summed E-state index contributed by atoms with van der Waals surface area (Å²) in [6, 6.07) is 2.17. The van der Waals surface area contributed by atoms with E-state index in [2.05, 4.69) is 5.32 Å². The lowest BCUT2D eigenvalue weighted by molar-refractivity contribution is 0.328. The van der Waals surface area contributed by atoms with Gasteiger partial charge in [-0.1, -0.05) is 19.3 Å². The van der Waals surface area contributed by atoms with E-state index in [1.807, 2.05) is 6.92 Å². The fourth-order valence-corrected chi connectivity index (χ4v) is 2.65. The van der Waals surface area contributed by atoms with Gasteiger partial charge in [-0.05, 0) is 25.7 Å². The molecule has 1 aliphatic carbocycles. The molecule has 0 spiro atoms. The minimum absolute atomic E-state index is 0.148. The van der Waals surface area contributed by atoms with Gasteiger partial charge in [0.2, 0.25) is 0 Å². The predicted octanol–water partition coefficient (Wildman–Crippen LogP) is 4.48. The standard InChI is InChI=1S/C14H18F3N/c1-9(10-5-3-2-4-6-10)18-11-7-12(15)14(17)13(16)8-11/h7-10,18H,2-6H2,1H3. The van der Waals surface area contributed by atoms with Crippen molar-refractivity contribution in [2.75, 3.05) is 5.32 Å². The van der Waals surface area contributed by atoms with Crippen molar-refractivity contribution in [1.82, 2.24) is 0 Å². The summed E-state index contributed by atoms with van der Waals surface area (Å²) in [5, 5.41) is 3.07. The molecule has 0 amide bonds. The van der Waals surface area contributed by atoms with Gasteiger partial charge in [-0.15, -0.1) is 0 Å². The molecule has 0 bridgehead atoms. The van der Waals surface area contributed by atoms with Crippen LogP contribution in [0.3, 0.4) is 0 Å². The largest absolute Gasteiger partial charge is 0.382 e. The highest BCUT2D eigenvalue weighted by Gasteiger charge is 2.20. The van der Waals surface area contributed by atoms with Crippen molar-refractivity contribution in [2.24, 2.45) is 5.92 Å². The van der Waals surface area contributed by atoms with Gasteiger partial charge < -0.3 is 5.32 Å². The molecule has 4 heteroatoms. The Balaban J connectivity index is 2.04. The highest BCUT2D eigenvalue weighted by molar-refractivity contribution is 5.45. The predicted molar refractivity (Wildman–Crippen MR) is 66.0 cm³/mol.